The maximum absolute atomic E-state index is 12.7. The Morgan fingerprint density at radius 3 is 2.04 bits per heavy atom. The Bertz CT molecular complexity index is 1090. The van der Waals surface area contributed by atoms with Crippen molar-refractivity contribution in [2.75, 3.05) is 19.4 Å². The summed E-state index contributed by atoms with van der Waals surface area (Å²) in [5.74, 6) is 0.0342. The summed E-state index contributed by atoms with van der Waals surface area (Å²) in [5, 5.41) is 11.7. The third-order valence-electron chi connectivity index (χ3n) is 3.29. The molecule has 0 radical (unpaired) electrons. The van der Waals surface area contributed by atoms with Crippen LogP contribution < -0.4 is 10.8 Å². The second-order valence-corrected chi connectivity index (χ2v) is 9.33. The van der Waals surface area contributed by atoms with E-state index < -0.39 is 35.8 Å². The SMILES string of the molecule is Cc1nc(C)nc(N/C(=N\S(=O)(=O)c2ccccc2S(=O)(=O)N(C)C)NO)n1. The van der Waals surface area contributed by atoms with Crippen LogP contribution in [0, 0.1) is 13.8 Å². The van der Waals surface area contributed by atoms with Crippen LogP contribution in [0.15, 0.2) is 38.5 Å². The Hall–Kier alpha value is -2.68. The normalized spacial score (nSPS) is 12.9. The Morgan fingerprint density at radius 2 is 1.54 bits per heavy atom. The number of aryl methyl sites for hydroxylation is 2. The van der Waals surface area contributed by atoms with Gasteiger partial charge in [0.05, 0.1) is 0 Å². The number of sulfonamides is 2. The first kappa shape index (κ1) is 21.6. The van der Waals surface area contributed by atoms with E-state index in [1.807, 2.05) is 0 Å². The Morgan fingerprint density at radius 1 is 1.00 bits per heavy atom. The highest BCUT2D eigenvalue weighted by Gasteiger charge is 2.28. The first-order valence-electron chi connectivity index (χ1n) is 7.70. The molecule has 0 spiro atoms. The zero-order valence-corrected chi connectivity index (χ0v) is 17.1. The van der Waals surface area contributed by atoms with Gasteiger partial charge in [-0.25, -0.2) is 23.2 Å². The first-order valence-corrected chi connectivity index (χ1v) is 10.6. The summed E-state index contributed by atoms with van der Waals surface area (Å²) in [6.45, 7) is 3.20. The van der Waals surface area contributed by atoms with Crippen molar-refractivity contribution >= 4 is 32.0 Å². The molecule has 28 heavy (non-hydrogen) atoms. The molecule has 3 N–H and O–H groups in total. The number of hydroxylamine groups is 1. The lowest BCUT2D eigenvalue weighted by Gasteiger charge is -2.14. The first-order chi connectivity index (χ1) is 13.0. The van der Waals surface area contributed by atoms with Crippen LogP contribution >= 0.6 is 0 Å². The van der Waals surface area contributed by atoms with E-state index in [1.165, 1.54) is 26.2 Å². The molecule has 0 saturated carbocycles. The number of anilines is 1. The smallest absolute Gasteiger partial charge is 0.286 e. The molecular weight excluding hydrogens is 410 g/mol. The van der Waals surface area contributed by atoms with E-state index in [9.17, 15) is 22.0 Å². The molecule has 0 aliphatic rings. The molecule has 0 fully saturated rings. The van der Waals surface area contributed by atoms with Gasteiger partial charge in [0.1, 0.15) is 21.4 Å². The summed E-state index contributed by atoms with van der Waals surface area (Å²) in [5.41, 5.74) is 1.60. The van der Waals surface area contributed by atoms with Gasteiger partial charge in [-0.15, -0.1) is 4.40 Å². The third-order valence-corrected chi connectivity index (χ3v) is 6.63. The van der Waals surface area contributed by atoms with Gasteiger partial charge in [-0.05, 0) is 26.0 Å². The minimum Gasteiger partial charge on any atom is -0.292 e. The maximum Gasteiger partial charge on any atom is 0.286 e. The van der Waals surface area contributed by atoms with Crippen molar-refractivity contribution in [1.82, 2.24) is 24.7 Å². The van der Waals surface area contributed by atoms with Crippen LogP contribution in [0.25, 0.3) is 0 Å². The number of guanidine groups is 1. The van der Waals surface area contributed by atoms with Crippen molar-refractivity contribution in [3.05, 3.63) is 35.9 Å². The number of benzene rings is 1. The monoisotopic (exact) mass is 429 g/mol. The molecule has 0 aliphatic heterocycles. The predicted octanol–water partition coefficient (Wildman–Crippen LogP) is -0.126. The summed E-state index contributed by atoms with van der Waals surface area (Å²) < 4.78 is 54.6. The van der Waals surface area contributed by atoms with Gasteiger partial charge in [-0.1, -0.05) is 12.1 Å². The van der Waals surface area contributed by atoms with Crippen LogP contribution in [0.3, 0.4) is 0 Å². The highest BCUT2D eigenvalue weighted by molar-refractivity contribution is 7.92. The Labute approximate surface area is 162 Å². The fourth-order valence-corrected chi connectivity index (χ4v) is 4.69. The van der Waals surface area contributed by atoms with Gasteiger partial charge in [0.2, 0.25) is 21.9 Å². The van der Waals surface area contributed by atoms with Crippen molar-refractivity contribution < 1.29 is 22.0 Å². The van der Waals surface area contributed by atoms with Crippen LogP contribution in [-0.2, 0) is 20.0 Å². The zero-order chi connectivity index (χ0) is 21.1. The Kier molecular flexibility index (Phi) is 6.28. The van der Waals surface area contributed by atoms with E-state index in [0.717, 1.165) is 16.4 Å². The van der Waals surface area contributed by atoms with E-state index in [1.54, 1.807) is 19.3 Å². The molecule has 1 heterocycles. The predicted molar refractivity (Wildman–Crippen MR) is 99.8 cm³/mol. The number of nitrogens with one attached hydrogen (secondary N) is 2. The van der Waals surface area contributed by atoms with Crippen LogP contribution in [-0.4, -0.2) is 61.4 Å². The highest BCUT2D eigenvalue weighted by atomic mass is 32.2. The van der Waals surface area contributed by atoms with E-state index in [0.29, 0.717) is 11.6 Å². The molecule has 2 rings (SSSR count). The van der Waals surface area contributed by atoms with Crippen LogP contribution in [0.5, 0.6) is 0 Å². The lowest BCUT2D eigenvalue weighted by atomic mass is 10.4. The minimum absolute atomic E-state index is 0.0605. The number of hydrogen-bond donors (Lipinski definition) is 3. The molecule has 0 saturated heterocycles. The van der Waals surface area contributed by atoms with E-state index in [2.05, 4.69) is 24.7 Å². The van der Waals surface area contributed by atoms with Crippen molar-refractivity contribution in [1.29, 1.82) is 0 Å². The second-order valence-electron chi connectivity index (χ2n) is 5.64. The summed E-state index contributed by atoms with van der Waals surface area (Å²) >= 11 is 0. The molecule has 0 atom stereocenters. The number of rotatable bonds is 5. The third kappa shape index (κ3) is 4.78. The number of nitrogens with zero attached hydrogens (tertiary/aromatic N) is 5. The van der Waals surface area contributed by atoms with Gasteiger partial charge in [0, 0.05) is 14.1 Å². The molecule has 152 valence electrons. The van der Waals surface area contributed by atoms with Crippen molar-refractivity contribution in [2.45, 2.75) is 23.6 Å². The fraction of sp³-hybridized carbons (Fsp3) is 0.286. The summed E-state index contributed by atoms with van der Waals surface area (Å²) in [6, 6.07) is 4.99. The molecule has 12 nitrogen and oxygen atoms in total. The molecule has 1 aromatic heterocycles. The summed E-state index contributed by atoms with van der Waals surface area (Å²) in [6.07, 6.45) is 0. The molecule has 1 aromatic carbocycles. The van der Waals surface area contributed by atoms with Crippen molar-refractivity contribution in [3.8, 4) is 0 Å². The molecule has 14 heteroatoms. The van der Waals surface area contributed by atoms with E-state index in [-0.39, 0.29) is 5.95 Å². The van der Waals surface area contributed by atoms with E-state index >= 15 is 0 Å². The summed E-state index contributed by atoms with van der Waals surface area (Å²) in [4.78, 5) is 10.8. The van der Waals surface area contributed by atoms with Gasteiger partial charge < -0.3 is 0 Å². The van der Waals surface area contributed by atoms with Crippen LogP contribution in [0.4, 0.5) is 5.95 Å². The van der Waals surface area contributed by atoms with Gasteiger partial charge in [-0.2, -0.15) is 18.4 Å². The average molecular weight is 429 g/mol. The lowest BCUT2D eigenvalue weighted by Crippen LogP contribution is -2.30. The molecule has 2 aromatic rings. The fourth-order valence-electron chi connectivity index (χ4n) is 2.09. The molecule has 0 amide bonds. The van der Waals surface area contributed by atoms with Crippen LogP contribution in [0.1, 0.15) is 11.6 Å². The average Bonchev–Trinajstić information content (AvgIpc) is 2.60. The Balaban J connectivity index is 2.52. The summed E-state index contributed by atoms with van der Waals surface area (Å²) in [7, 11) is -6.04. The standard InChI is InChI=1S/C14H19N7O5S2/c1-9-15-10(2)17-13(16-9)18-14(19-22)20-27(23,24)11-7-5-6-8-12(11)28(25,26)21(3)4/h5-8,22H,1-4H3,(H2,15,16,17,18,19,20). The van der Waals surface area contributed by atoms with Gasteiger partial charge in [0.25, 0.3) is 10.0 Å². The van der Waals surface area contributed by atoms with Gasteiger partial charge >= 0.3 is 0 Å². The van der Waals surface area contributed by atoms with Crippen molar-refractivity contribution in [2.24, 2.45) is 4.40 Å². The quantitative estimate of drug-likeness (QED) is 0.331. The van der Waals surface area contributed by atoms with Gasteiger partial charge in [0.15, 0.2) is 0 Å². The highest BCUT2D eigenvalue weighted by Crippen LogP contribution is 2.24. The molecule has 0 bridgehead atoms. The topological polar surface area (TPSA) is 167 Å². The lowest BCUT2D eigenvalue weighted by molar-refractivity contribution is 0.234. The zero-order valence-electron chi connectivity index (χ0n) is 15.4. The maximum atomic E-state index is 12.7. The number of aromatic nitrogens is 3. The molecule has 0 unspecified atom stereocenters. The second kappa shape index (κ2) is 8.14. The number of hydrogen-bond acceptors (Lipinski definition) is 8. The van der Waals surface area contributed by atoms with Gasteiger partial charge in [-0.3, -0.25) is 10.5 Å². The molecule has 0 aliphatic carbocycles. The van der Waals surface area contributed by atoms with Crippen LogP contribution in [0.2, 0.25) is 0 Å². The molecular formula is C14H19N7O5S2. The largest absolute Gasteiger partial charge is 0.292 e. The minimum atomic E-state index is -4.53. The van der Waals surface area contributed by atoms with E-state index in [4.69, 9.17) is 0 Å². The van der Waals surface area contributed by atoms with Crippen molar-refractivity contribution in [3.63, 3.8) is 0 Å².